The minimum atomic E-state index is -0.915. The molecule has 1 heterocycles. The number of carbonyl (C=O) groups excluding carboxylic acids is 1. The van der Waals surface area contributed by atoms with Crippen molar-refractivity contribution in [3.63, 3.8) is 0 Å². The zero-order chi connectivity index (χ0) is 17.0. The van der Waals surface area contributed by atoms with Crippen molar-refractivity contribution in [3.8, 4) is 5.88 Å². The van der Waals surface area contributed by atoms with Crippen LogP contribution in [0.15, 0.2) is 39.9 Å². The van der Waals surface area contributed by atoms with Gasteiger partial charge in [-0.15, -0.1) is 0 Å². The average Bonchev–Trinajstić information content (AvgIpc) is 2.47. The summed E-state index contributed by atoms with van der Waals surface area (Å²) >= 11 is 0. The fourth-order valence-electron chi connectivity index (χ4n) is 2.07. The molecule has 0 radical (unpaired) electrons. The molecule has 0 fully saturated rings. The molecular weight excluding hydrogens is 298 g/mol. The van der Waals surface area contributed by atoms with Crippen LogP contribution in [0.2, 0.25) is 0 Å². The Morgan fingerprint density at radius 3 is 2.52 bits per heavy atom. The van der Waals surface area contributed by atoms with E-state index in [4.69, 9.17) is 0 Å². The summed E-state index contributed by atoms with van der Waals surface area (Å²) in [6.07, 6.45) is 0.624. The summed E-state index contributed by atoms with van der Waals surface area (Å²) < 4.78 is 1.00. The van der Waals surface area contributed by atoms with Gasteiger partial charge in [-0.2, -0.15) is 0 Å². The van der Waals surface area contributed by atoms with E-state index in [1.54, 1.807) is 30.3 Å². The second kappa shape index (κ2) is 6.95. The number of benzene rings is 1. The molecule has 0 atom stereocenters. The Bertz CT molecular complexity index is 806. The molecule has 2 rings (SSSR count). The Kier molecular flexibility index (Phi) is 5.00. The highest BCUT2D eigenvalue weighted by atomic mass is 16.3. The van der Waals surface area contributed by atoms with Crippen LogP contribution >= 0.6 is 0 Å². The maximum absolute atomic E-state index is 12.3. The second-order valence-corrected chi connectivity index (χ2v) is 5.61. The average molecular weight is 317 g/mol. The molecule has 0 bridgehead atoms. The summed E-state index contributed by atoms with van der Waals surface area (Å²) in [5, 5.41) is 12.7. The van der Waals surface area contributed by atoms with Gasteiger partial charge in [-0.3, -0.25) is 19.1 Å². The third-order valence-corrected chi connectivity index (χ3v) is 3.36. The van der Waals surface area contributed by atoms with Crippen LogP contribution in [0.3, 0.4) is 0 Å². The van der Waals surface area contributed by atoms with Gasteiger partial charge < -0.3 is 10.4 Å². The molecular formula is C16H19N3O4. The van der Waals surface area contributed by atoms with E-state index in [-0.39, 0.29) is 6.54 Å². The minimum absolute atomic E-state index is 0.213. The van der Waals surface area contributed by atoms with Gasteiger partial charge in [0.25, 0.3) is 11.5 Å². The summed E-state index contributed by atoms with van der Waals surface area (Å²) in [4.78, 5) is 38.0. The normalized spacial score (nSPS) is 10.7. The van der Waals surface area contributed by atoms with Gasteiger partial charge in [0, 0.05) is 12.2 Å². The molecule has 1 amide bonds. The SMILES string of the molecule is CC(C)CCn1c(O)c(C(=O)Nc2ccccc2)c(=O)[nH]c1=O. The van der Waals surface area contributed by atoms with Gasteiger partial charge in [-0.1, -0.05) is 32.0 Å². The van der Waals surface area contributed by atoms with Crippen LogP contribution in [0.1, 0.15) is 30.6 Å². The molecule has 3 N–H and O–H groups in total. The lowest BCUT2D eigenvalue weighted by Gasteiger charge is -2.12. The van der Waals surface area contributed by atoms with Crippen molar-refractivity contribution in [2.45, 2.75) is 26.8 Å². The first kappa shape index (κ1) is 16.5. The number of aromatic nitrogens is 2. The molecule has 1 aromatic heterocycles. The van der Waals surface area contributed by atoms with Crippen molar-refractivity contribution < 1.29 is 9.90 Å². The Morgan fingerprint density at radius 2 is 1.91 bits per heavy atom. The smallest absolute Gasteiger partial charge is 0.331 e. The number of carbonyl (C=O) groups is 1. The summed E-state index contributed by atoms with van der Waals surface area (Å²) in [7, 11) is 0. The molecule has 0 aliphatic heterocycles. The van der Waals surface area contributed by atoms with E-state index in [1.807, 2.05) is 13.8 Å². The van der Waals surface area contributed by atoms with Crippen LogP contribution in [0.25, 0.3) is 0 Å². The van der Waals surface area contributed by atoms with Crippen molar-refractivity contribution in [2.24, 2.45) is 5.92 Å². The predicted octanol–water partition coefficient (Wildman–Crippen LogP) is 1.54. The second-order valence-electron chi connectivity index (χ2n) is 5.61. The van der Waals surface area contributed by atoms with Gasteiger partial charge >= 0.3 is 5.69 Å². The van der Waals surface area contributed by atoms with Gasteiger partial charge in [-0.25, -0.2) is 4.79 Å². The first-order valence-corrected chi connectivity index (χ1v) is 7.32. The molecule has 23 heavy (non-hydrogen) atoms. The van der Waals surface area contributed by atoms with Gasteiger partial charge in [0.05, 0.1) is 0 Å². The van der Waals surface area contributed by atoms with Crippen molar-refractivity contribution in [2.75, 3.05) is 5.32 Å². The molecule has 0 spiro atoms. The number of hydrogen-bond donors (Lipinski definition) is 3. The largest absolute Gasteiger partial charge is 0.494 e. The van der Waals surface area contributed by atoms with Crippen LogP contribution in [0.5, 0.6) is 5.88 Å². The number of rotatable bonds is 5. The van der Waals surface area contributed by atoms with Crippen molar-refractivity contribution >= 4 is 11.6 Å². The number of H-pyrrole nitrogens is 1. The number of nitrogens with one attached hydrogen (secondary N) is 2. The van der Waals surface area contributed by atoms with E-state index >= 15 is 0 Å². The van der Waals surface area contributed by atoms with Crippen LogP contribution in [-0.2, 0) is 6.54 Å². The van der Waals surface area contributed by atoms with E-state index in [2.05, 4.69) is 10.3 Å². The van der Waals surface area contributed by atoms with Crippen molar-refractivity contribution in [3.05, 3.63) is 56.7 Å². The van der Waals surface area contributed by atoms with Crippen LogP contribution in [0, 0.1) is 5.92 Å². The standard InChI is InChI=1S/C16H19N3O4/c1-10(2)8-9-19-15(22)12(14(21)18-16(19)23)13(20)17-11-6-4-3-5-7-11/h3-7,10,22H,8-9H2,1-2H3,(H,17,20)(H,18,21,23). The fourth-order valence-corrected chi connectivity index (χ4v) is 2.07. The zero-order valence-corrected chi connectivity index (χ0v) is 13.0. The third-order valence-electron chi connectivity index (χ3n) is 3.36. The highest BCUT2D eigenvalue weighted by molar-refractivity contribution is 6.05. The predicted molar refractivity (Wildman–Crippen MR) is 86.8 cm³/mol. The quantitative estimate of drug-likeness (QED) is 0.778. The number of amides is 1. The van der Waals surface area contributed by atoms with Gasteiger partial charge in [0.15, 0.2) is 5.56 Å². The number of aromatic hydroxyl groups is 1. The summed E-state index contributed by atoms with van der Waals surface area (Å²) in [6.45, 7) is 4.15. The third kappa shape index (κ3) is 3.88. The lowest BCUT2D eigenvalue weighted by atomic mass is 10.1. The van der Waals surface area contributed by atoms with E-state index in [1.165, 1.54) is 0 Å². The van der Waals surface area contributed by atoms with Gasteiger partial charge in [0.1, 0.15) is 0 Å². The lowest BCUT2D eigenvalue weighted by Crippen LogP contribution is -2.35. The van der Waals surface area contributed by atoms with E-state index in [0.29, 0.717) is 18.0 Å². The summed E-state index contributed by atoms with van der Waals surface area (Å²) in [5.74, 6) is -1.09. The number of anilines is 1. The van der Waals surface area contributed by atoms with E-state index in [9.17, 15) is 19.5 Å². The summed E-state index contributed by atoms with van der Waals surface area (Å²) in [5.41, 5.74) is -1.64. The van der Waals surface area contributed by atoms with Crippen LogP contribution in [-0.4, -0.2) is 20.6 Å². The molecule has 2 aromatic rings. The molecule has 0 saturated heterocycles. The number of nitrogens with zero attached hydrogens (tertiary/aromatic N) is 1. The number of hydrogen-bond acceptors (Lipinski definition) is 4. The fraction of sp³-hybridized carbons (Fsp3) is 0.312. The monoisotopic (exact) mass is 317 g/mol. The molecule has 0 aliphatic carbocycles. The molecule has 122 valence electrons. The first-order valence-electron chi connectivity index (χ1n) is 7.32. The molecule has 0 saturated carbocycles. The Morgan fingerprint density at radius 1 is 1.26 bits per heavy atom. The topological polar surface area (TPSA) is 104 Å². The molecule has 1 aromatic carbocycles. The molecule has 0 unspecified atom stereocenters. The summed E-state index contributed by atoms with van der Waals surface area (Å²) in [6, 6.07) is 8.54. The van der Waals surface area contributed by atoms with Gasteiger partial charge in [-0.05, 0) is 24.5 Å². The van der Waals surface area contributed by atoms with Gasteiger partial charge in [0.2, 0.25) is 5.88 Å². The molecule has 0 aliphatic rings. The molecule has 7 nitrogen and oxygen atoms in total. The van der Waals surface area contributed by atoms with E-state index in [0.717, 1.165) is 4.57 Å². The number of para-hydroxylation sites is 1. The highest BCUT2D eigenvalue weighted by Gasteiger charge is 2.21. The number of aromatic amines is 1. The Labute approximate surface area is 132 Å². The first-order chi connectivity index (χ1) is 10.9. The Balaban J connectivity index is 2.38. The van der Waals surface area contributed by atoms with Crippen molar-refractivity contribution in [1.82, 2.24) is 9.55 Å². The van der Waals surface area contributed by atoms with Crippen LogP contribution < -0.4 is 16.6 Å². The highest BCUT2D eigenvalue weighted by Crippen LogP contribution is 2.14. The van der Waals surface area contributed by atoms with E-state index < -0.39 is 28.6 Å². The minimum Gasteiger partial charge on any atom is -0.494 e. The van der Waals surface area contributed by atoms with Crippen molar-refractivity contribution in [1.29, 1.82) is 0 Å². The maximum Gasteiger partial charge on any atom is 0.331 e. The molecule has 7 heteroatoms. The maximum atomic E-state index is 12.3. The lowest BCUT2D eigenvalue weighted by molar-refractivity contribution is 0.102. The van der Waals surface area contributed by atoms with Crippen LogP contribution in [0.4, 0.5) is 5.69 Å². The Hall–Kier alpha value is -2.83. The zero-order valence-electron chi connectivity index (χ0n) is 13.0.